The SMILES string of the molecule is CCCCn1c(=O)c2ccc(OCC(=O)O)cc2c2cc(C(C)(O)C(F)(F)F)ccc21. The Morgan fingerprint density at radius 3 is 2.42 bits per heavy atom. The number of halogens is 3. The van der Waals surface area contributed by atoms with Crippen LogP contribution in [0.4, 0.5) is 13.2 Å². The molecule has 0 amide bonds. The Kier molecular flexibility index (Phi) is 6.00. The third kappa shape index (κ3) is 4.23. The van der Waals surface area contributed by atoms with Crippen molar-refractivity contribution in [2.24, 2.45) is 0 Å². The third-order valence-corrected chi connectivity index (χ3v) is 5.26. The minimum absolute atomic E-state index is 0.162. The van der Waals surface area contributed by atoms with Crippen molar-refractivity contribution in [3.63, 3.8) is 0 Å². The van der Waals surface area contributed by atoms with Gasteiger partial charge in [-0.2, -0.15) is 13.2 Å². The highest BCUT2D eigenvalue weighted by Gasteiger charge is 2.51. The fourth-order valence-electron chi connectivity index (χ4n) is 3.41. The van der Waals surface area contributed by atoms with E-state index in [4.69, 9.17) is 9.84 Å². The summed E-state index contributed by atoms with van der Waals surface area (Å²) in [4.78, 5) is 23.8. The van der Waals surface area contributed by atoms with Crippen molar-refractivity contribution in [1.29, 1.82) is 0 Å². The molecular weight excluding hydrogens is 415 g/mol. The van der Waals surface area contributed by atoms with Crippen LogP contribution in [0.3, 0.4) is 0 Å². The Morgan fingerprint density at radius 1 is 1.10 bits per heavy atom. The van der Waals surface area contributed by atoms with Gasteiger partial charge in [0.25, 0.3) is 5.56 Å². The summed E-state index contributed by atoms with van der Waals surface area (Å²) >= 11 is 0. The lowest BCUT2D eigenvalue weighted by Gasteiger charge is -2.27. The van der Waals surface area contributed by atoms with Crippen LogP contribution in [0.2, 0.25) is 0 Å². The molecule has 6 nitrogen and oxygen atoms in total. The molecule has 0 saturated heterocycles. The Hall–Kier alpha value is -3.07. The van der Waals surface area contributed by atoms with E-state index in [1.54, 1.807) is 0 Å². The van der Waals surface area contributed by atoms with E-state index in [-0.39, 0.29) is 22.3 Å². The number of aryl methyl sites for hydroxylation is 1. The first-order chi connectivity index (χ1) is 14.5. The Bertz CT molecular complexity index is 1200. The molecule has 2 N–H and O–H groups in total. The molecule has 31 heavy (non-hydrogen) atoms. The summed E-state index contributed by atoms with van der Waals surface area (Å²) in [6, 6.07) is 8.11. The van der Waals surface area contributed by atoms with Gasteiger partial charge >= 0.3 is 12.1 Å². The van der Waals surface area contributed by atoms with Crippen molar-refractivity contribution in [2.75, 3.05) is 6.61 Å². The van der Waals surface area contributed by atoms with Crippen molar-refractivity contribution in [3.8, 4) is 5.75 Å². The summed E-state index contributed by atoms with van der Waals surface area (Å²) < 4.78 is 46.9. The zero-order chi connectivity index (χ0) is 23.0. The van der Waals surface area contributed by atoms with Gasteiger partial charge in [-0.15, -0.1) is 0 Å². The van der Waals surface area contributed by atoms with Gasteiger partial charge in [-0.05, 0) is 49.2 Å². The molecule has 1 atom stereocenters. The van der Waals surface area contributed by atoms with E-state index in [0.29, 0.717) is 36.2 Å². The first-order valence-corrected chi connectivity index (χ1v) is 9.72. The number of carboxylic acid groups (broad SMARTS) is 1. The number of hydrogen-bond donors (Lipinski definition) is 2. The average Bonchev–Trinajstić information content (AvgIpc) is 2.71. The first-order valence-electron chi connectivity index (χ1n) is 9.72. The van der Waals surface area contributed by atoms with Crippen molar-refractivity contribution in [3.05, 3.63) is 52.3 Å². The fraction of sp³-hybridized carbons (Fsp3) is 0.364. The molecule has 0 radical (unpaired) electrons. The molecule has 1 heterocycles. The molecule has 0 bridgehead atoms. The number of aliphatic carboxylic acids is 1. The average molecular weight is 437 g/mol. The van der Waals surface area contributed by atoms with Gasteiger partial charge in [-0.3, -0.25) is 4.79 Å². The number of carboxylic acids is 1. The summed E-state index contributed by atoms with van der Waals surface area (Å²) in [5.41, 5.74) is -3.35. The van der Waals surface area contributed by atoms with E-state index in [0.717, 1.165) is 12.5 Å². The number of carbonyl (C=O) groups is 1. The molecule has 0 fully saturated rings. The number of aromatic nitrogens is 1. The number of ether oxygens (including phenoxy) is 1. The molecule has 0 saturated carbocycles. The van der Waals surface area contributed by atoms with Crippen LogP contribution in [0.5, 0.6) is 5.75 Å². The zero-order valence-electron chi connectivity index (χ0n) is 17.0. The summed E-state index contributed by atoms with van der Waals surface area (Å²) in [7, 11) is 0. The molecule has 2 aromatic carbocycles. The number of pyridine rings is 1. The van der Waals surface area contributed by atoms with Crippen molar-refractivity contribution in [1.82, 2.24) is 4.57 Å². The van der Waals surface area contributed by atoms with Crippen LogP contribution in [-0.4, -0.2) is 33.5 Å². The van der Waals surface area contributed by atoms with E-state index in [1.807, 2.05) is 6.92 Å². The van der Waals surface area contributed by atoms with Gasteiger partial charge in [0.15, 0.2) is 12.2 Å². The second-order valence-corrected chi connectivity index (χ2v) is 7.50. The normalized spacial score (nSPS) is 14.0. The molecule has 0 aliphatic rings. The van der Waals surface area contributed by atoms with E-state index in [9.17, 15) is 27.9 Å². The number of hydrogen-bond acceptors (Lipinski definition) is 4. The van der Waals surface area contributed by atoms with Crippen LogP contribution in [-0.2, 0) is 16.9 Å². The monoisotopic (exact) mass is 437 g/mol. The quantitative estimate of drug-likeness (QED) is 0.541. The van der Waals surface area contributed by atoms with E-state index < -0.39 is 24.4 Å². The van der Waals surface area contributed by atoms with Gasteiger partial charge in [0.1, 0.15) is 5.75 Å². The molecule has 0 spiro atoms. The predicted octanol–water partition coefficient (Wildman–Crippen LogP) is 4.19. The molecule has 0 aliphatic carbocycles. The summed E-state index contributed by atoms with van der Waals surface area (Å²) in [6.07, 6.45) is -3.39. The molecule has 3 aromatic rings. The van der Waals surface area contributed by atoms with Crippen LogP contribution in [0.15, 0.2) is 41.2 Å². The summed E-state index contributed by atoms with van der Waals surface area (Å²) in [6.45, 7) is 2.41. The molecule has 0 aliphatic heterocycles. The summed E-state index contributed by atoms with van der Waals surface area (Å²) in [5.74, 6) is -1.03. The van der Waals surface area contributed by atoms with Gasteiger partial charge in [-0.25, -0.2) is 4.79 Å². The smallest absolute Gasteiger partial charge is 0.421 e. The number of alkyl halides is 3. The number of unbranched alkanes of at least 4 members (excludes halogenated alkanes) is 1. The Balaban J connectivity index is 2.33. The lowest BCUT2D eigenvalue weighted by atomic mass is 9.92. The van der Waals surface area contributed by atoms with E-state index in [2.05, 4.69) is 0 Å². The number of nitrogens with zero attached hydrogens (tertiary/aromatic N) is 1. The number of fused-ring (bicyclic) bond motifs is 3. The van der Waals surface area contributed by atoms with Gasteiger partial charge in [-0.1, -0.05) is 19.4 Å². The van der Waals surface area contributed by atoms with Gasteiger partial charge < -0.3 is 19.5 Å². The molecule has 1 aromatic heterocycles. The number of rotatable bonds is 7. The van der Waals surface area contributed by atoms with Gasteiger partial charge in [0, 0.05) is 22.7 Å². The highest BCUT2D eigenvalue weighted by molar-refractivity contribution is 6.06. The lowest BCUT2D eigenvalue weighted by molar-refractivity contribution is -0.258. The Morgan fingerprint density at radius 2 is 1.81 bits per heavy atom. The molecule has 9 heteroatoms. The lowest BCUT2D eigenvalue weighted by Crippen LogP contribution is -2.39. The van der Waals surface area contributed by atoms with E-state index >= 15 is 0 Å². The minimum Gasteiger partial charge on any atom is -0.482 e. The fourth-order valence-corrected chi connectivity index (χ4v) is 3.41. The predicted molar refractivity (Wildman–Crippen MR) is 109 cm³/mol. The van der Waals surface area contributed by atoms with Crippen LogP contribution in [0.25, 0.3) is 21.7 Å². The maximum atomic E-state index is 13.4. The van der Waals surface area contributed by atoms with Crippen LogP contribution in [0.1, 0.15) is 32.3 Å². The molecule has 1 unspecified atom stereocenters. The Labute approximate surface area is 175 Å². The maximum Gasteiger partial charge on any atom is 0.421 e. The molecule has 3 rings (SSSR count). The molecular formula is C22H22F3NO5. The number of aliphatic hydroxyl groups is 1. The first kappa shape index (κ1) is 22.6. The second kappa shape index (κ2) is 8.22. The highest BCUT2D eigenvalue weighted by Crippen LogP contribution is 2.40. The molecule has 166 valence electrons. The number of benzene rings is 2. The van der Waals surface area contributed by atoms with Crippen LogP contribution < -0.4 is 10.3 Å². The highest BCUT2D eigenvalue weighted by atomic mass is 19.4. The van der Waals surface area contributed by atoms with Crippen molar-refractivity contribution in [2.45, 2.75) is 45.0 Å². The second-order valence-electron chi connectivity index (χ2n) is 7.50. The van der Waals surface area contributed by atoms with Gasteiger partial charge in [0.05, 0.1) is 5.52 Å². The van der Waals surface area contributed by atoms with Crippen molar-refractivity contribution < 1.29 is 32.9 Å². The maximum absolute atomic E-state index is 13.4. The van der Waals surface area contributed by atoms with Crippen molar-refractivity contribution >= 4 is 27.6 Å². The summed E-state index contributed by atoms with van der Waals surface area (Å²) in [5, 5.41) is 19.8. The topological polar surface area (TPSA) is 88.8 Å². The largest absolute Gasteiger partial charge is 0.482 e. The third-order valence-electron chi connectivity index (χ3n) is 5.26. The van der Waals surface area contributed by atoms with Crippen LogP contribution >= 0.6 is 0 Å². The zero-order valence-corrected chi connectivity index (χ0v) is 17.0. The minimum atomic E-state index is -4.90. The van der Waals surface area contributed by atoms with Crippen LogP contribution in [0, 0.1) is 0 Å². The van der Waals surface area contributed by atoms with Gasteiger partial charge in [0.2, 0.25) is 0 Å². The standard InChI is InChI=1S/C22H22F3NO5/c1-3-4-9-26-18-8-5-13(21(2,30)22(23,24)25)10-17(18)16-11-14(31-12-19(27)28)6-7-15(16)20(26)29/h5-8,10-11,30H,3-4,9,12H2,1-2H3,(H,27,28). The van der Waals surface area contributed by atoms with E-state index in [1.165, 1.54) is 34.9 Å².